The SMILES string of the molecule is CCC(C)NC(=O)c1coc(CN2C(=O)COc3ccc(C(=O)COc4ccccc4C)cc32)n1. The number of rotatable bonds is 9. The zero-order valence-electron chi connectivity index (χ0n) is 19.9. The largest absolute Gasteiger partial charge is 0.485 e. The van der Waals surface area contributed by atoms with Gasteiger partial charge in [0.05, 0.1) is 5.69 Å². The summed E-state index contributed by atoms with van der Waals surface area (Å²) in [6, 6.07) is 12.3. The number of carbonyl (C=O) groups excluding carboxylic acids is 3. The van der Waals surface area contributed by atoms with Gasteiger partial charge in [0.15, 0.2) is 24.7 Å². The number of amides is 2. The van der Waals surface area contributed by atoms with Gasteiger partial charge in [-0.2, -0.15) is 0 Å². The number of hydrogen-bond acceptors (Lipinski definition) is 7. The minimum absolute atomic E-state index is 0.00101. The van der Waals surface area contributed by atoms with E-state index in [1.165, 1.54) is 11.2 Å². The summed E-state index contributed by atoms with van der Waals surface area (Å²) in [5.74, 6) is 0.388. The topological polar surface area (TPSA) is 111 Å². The lowest BCUT2D eigenvalue weighted by atomic mass is 10.1. The molecule has 0 saturated carbocycles. The number of oxazole rings is 1. The number of nitrogens with zero attached hydrogens (tertiary/aromatic N) is 2. The molecule has 0 aliphatic carbocycles. The van der Waals surface area contributed by atoms with Crippen molar-refractivity contribution in [3.63, 3.8) is 0 Å². The maximum absolute atomic E-state index is 12.8. The molecule has 2 heterocycles. The van der Waals surface area contributed by atoms with Crippen molar-refractivity contribution in [3.8, 4) is 11.5 Å². The van der Waals surface area contributed by atoms with Crippen LogP contribution >= 0.6 is 0 Å². The zero-order valence-corrected chi connectivity index (χ0v) is 19.9. The lowest BCUT2D eigenvalue weighted by Gasteiger charge is -2.28. The Labute approximate surface area is 203 Å². The molecule has 9 heteroatoms. The number of fused-ring (bicyclic) bond motifs is 1. The summed E-state index contributed by atoms with van der Waals surface area (Å²) in [5.41, 5.74) is 1.87. The van der Waals surface area contributed by atoms with E-state index in [4.69, 9.17) is 13.9 Å². The summed E-state index contributed by atoms with van der Waals surface area (Å²) >= 11 is 0. The number of anilines is 1. The predicted octanol–water partition coefficient (Wildman–Crippen LogP) is 3.70. The maximum atomic E-state index is 12.8. The Morgan fingerprint density at radius 2 is 2.03 bits per heavy atom. The average Bonchev–Trinajstić information content (AvgIpc) is 3.33. The van der Waals surface area contributed by atoms with Crippen LogP contribution in [0.5, 0.6) is 11.5 Å². The van der Waals surface area contributed by atoms with Gasteiger partial charge in [-0.15, -0.1) is 0 Å². The fraction of sp³-hybridized carbons (Fsp3) is 0.308. The molecule has 2 aromatic carbocycles. The first kappa shape index (κ1) is 24.0. The van der Waals surface area contributed by atoms with E-state index in [-0.39, 0.29) is 55.0 Å². The molecule has 0 bridgehead atoms. The lowest BCUT2D eigenvalue weighted by molar-refractivity contribution is -0.121. The fourth-order valence-electron chi connectivity index (χ4n) is 3.52. The lowest BCUT2D eigenvalue weighted by Crippen LogP contribution is -2.38. The van der Waals surface area contributed by atoms with E-state index in [1.54, 1.807) is 24.3 Å². The van der Waals surface area contributed by atoms with Crippen molar-refractivity contribution in [1.82, 2.24) is 10.3 Å². The molecule has 2 amide bonds. The van der Waals surface area contributed by atoms with Crippen LogP contribution < -0.4 is 19.7 Å². The van der Waals surface area contributed by atoms with Gasteiger partial charge in [0.2, 0.25) is 5.89 Å². The Bertz CT molecular complexity index is 1250. The highest BCUT2D eigenvalue weighted by atomic mass is 16.5. The second kappa shape index (κ2) is 10.4. The van der Waals surface area contributed by atoms with Crippen LogP contribution in [-0.4, -0.2) is 41.8 Å². The van der Waals surface area contributed by atoms with E-state index in [9.17, 15) is 14.4 Å². The van der Waals surface area contributed by atoms with Crippen LogP contribution in [0.2, 0.25) is 0 Å². The fourth-order valence-corrected chi connectivity index (χ4v) is 3.52. The highest BCUT2D eigenvalue weighted by Crippen LogP contribution is 2.34. The third-order valence-electron chi connectivity index (χ3n) is 5.74. The molecule has 0 radical (unpaired) electrons. The summed E-state index contributed by atoms with van der Waals surface area (Å²) in [6.07, 6.45) is 2.05. The summed E-state index contributed by atoms with van der Waals surface area (Å²) in [6.45, 7) is 5.46. The van der Waals surface area contributed by atoms with E-state index in [1.807, 2.05) is 39.0 Å². The van der Waals surface area contributed by atoms with Gasteiger partial charge < -0.3 is 19.2 Å². The van der Waals surface area contributed by atoms with E-state index >= 15 is 0 Å². The first-order valence-electron chi connectivity index (χ1n) is 11.4. The number of ether oxygens (including phenoxy) is 2. The third kappa shape index (κ3) is 5.51. The van der Waals surface area contributed by atoms with Crippen LogP contribution in [0.15, 0.2) is 53.1 Å². The number of para-hydroxylation sites is 1. The molecule has 1 aliphatic rings. The van der Waals surface area contributed by atoms with Crippen molar-refractivity contribution in [3.05, 3.63) is 71.4 Å². The van der Waals surface area contributed by atoms with Crippen molar-refractivity contribution in [2.45, 2.75) is 39.8 Å². The zero-order chi connectivity index (χ0) is 24.9. The molecule has 1 unspecified atom stereocenters. The quantitative estimate of drug-likeness (QED) is 0.468. The number of benzene rings is 2. The molecule has 9 nitrogen and oxygen atoms in total. The summed E-state index contributed by atoms with van der Waals surface area (Å²) in [7, 11) is 0. The first-order valence-corrected chi connectivity index (χ1v) is 11.4. The molecule has 0 spiro atoms. The van der Waals surface area contributed by atoms with Crippen molar-refractivity contribution < 1.29 is 28.3 Å². The standard InChI is InChI=1S/C26H27N3O6/c1-4-17(3)27-26(32)19-13-35-24(28-19)12-29-20-11-18(9-10-23(20)34-15-25(29)31)21(30)14-33-22-8-6-5-7-16(22)2/h5-11,13,17H,4,12,14-15H2,1-3H3,(H,27,32). The monoisotopic (exact) mass is 477 g/mol. The number of ketones is 1. The minimum atomic E-state index is -0.343. The number of aromatic nitrogens is 1. The molecule has 182 valence electrons. The second-order valence-electron chi connectivity index (χ2n) is 8.34. The van der Waals surface area contributed by atoms with Gasteiger partial charge in [0.25, 0.3) is 11.8 Å². The summed E-state index contributed by atoms with van der Waals surface area (Å²) < 4.78 is 16.7. The molecular formula is C26H27N3O6. The Morgan fingerprint density at radius 1 is 1.23 bits per heavy atom. The van der Waals surface area contributed by atoms with Gasteiger partial charge in [-0.25, -0.2) is 4.98 Å². The van der Waals surface area contributed by atoms with Crippen LogP contribution in [0.4, 0.5) is 5.69 Å². The van der Waals surface area contributed by atoms with Crippen molar-refractivity contribution in [2.75, 3.05) is 18.1 Å². The number of Topliss-reactive ketones (excluding diaryl/α,β-unsaturated/α-hetero) is 1. The summed E-state index contributed by atoms with van der Waals surface area (Å²) in [5, 5.41) is 2.82. The predicted molar refractivity (Wildman–Crippen MR) is 128 cm³/mol. The molecule has 1 aromatic heterocycles. The number of nitrogens with one attached hydrogen (secondary N) is 1. The Balaban J connectivity index is 1.50. The van der Waals surface area contributed by atoms with Crippen LogP contribution in [0.25, 0.3) is 0 Å². The number of carbonyl (C=O) groups is 3. The first-order chi connectivity index (χ1) is 16.9. The van der Waals surface area contributed by atoms with E-state index in [0.29, 0.717) is 22.7 Å². The van der Waals surface area contributed by atoms with Crippen LogP contribution in [0.3, 0.4) is 0 Å². The molecule has 3 aromatic rings. The smallest absolute Gasteiger partial charge is 0.273 e. The van der Waals surface area contributed by atoms with Gasteiger partial charge in [-0.1, -0.05) is 25.1 Å². The number of hydrogen-bond donors (Lipinski definition) is 1. The molecule has 0 fully saturated rings. The molecule has 1 atom stereocenters. The van der Waals surface area contributed by atoms with Crippen molar-refractivity contribution in [2.24, 2.45) is 0 Å². The highest BCUT2D eigenvalue weighted by Gasteiger charge is 2.28. The van der Waals surface area contributed by atoms with Crippen LogP contribution in [0, 0.1) is 6.92 Å². The Morgan fingerprint density at radius 3 is 2.80 bits per heavy atom. The van der Waals surface area contributed by atoms with E-state index in [0.717, 1.165) is 12.0 Å². The Kier molecular flexibility index (Phi) is 7.14. The van der Waals surface area contributed by atoms with Gasteiger partial charge in [0.1, 0.15) is 24.3 Å². The molecule has 0 saturated heterocycles. The number of aryl methyl sites for hydroxylation is 1. The van der Waals surface area contributed by atoms with Crippen molar-refractivity contribution >= 4 is 23.3 Å². The molecule has 4 rings (SSSR count). The molecule has 35 heavy (non-hydrogen) atoms. The normalized spacial score (nSPS) is 13.6. The maximum Gasteiger partial charge on any atom is 0.273 e. The van der Waals surface area contributed by atoms with Gasteiger partial charge in [-0.3, -0.25) is 19.3 Å². The van der Waals surface area contributed by atoms with Crippen molar-refractivity contribution in [1.29, 1.82) is 0 Å². The molecule has 1 aliphatic heterocycles. The van der Waals surface area contributed by atoms with Gasteiger partial charge >= 0.3 is 0 Å². The Hall–Kier alpha value is -4.14. The van der Waals surface area contributed by atoms with E-state index in [2.05, 4.69) is 10.3 Å². The average molecular weight is 478 g/mol. The van der Waals surface area contributed by atoms with Crippen LogP contribution in [-0.2, 0) is 11.3 Å². The van der Waals surface area contributed by atoms with E-state index < -0.39 is 0 Å². The molecular weight excluding hydrogens is 450 g/mol. The van der Waals surface area contributed by atoms with Crippen LogP contribution in [0.1, 0.15) is 52.6 Å². The van der Waals surface area contributed by atoms with Gasteiger partial charge in [0, 0.05) is 11.6 Å². The second-order valence-corrected chi connectivity index (χ2v) is 8.34. The minimum Gasteiger partial charge on any atom is -0.485 e. The third-order valence-corrected chi connectivity index (χ3v) is 5.74. The van der Waals surface area contributed by atoms with Gasteiger partial charge in [-0.05, 0) is 50.1 Å². The highest BCUT2D eigenvalue weighted by molar-refractivity contribution is 6.02. The summed E-state index contributed by atoms with van der Waals surface area (Å²) in [4.78, 5) is 43.4. The molecule has 1 N–H and O–H groups in total.